The molecule has 1 amide bonds. The van der Waals surface area contributed by atoms with E-state index in [1.165, 1.54) is 16.8 Å². The first-order chi connectivity index (χ1) is 17.9. The summed E-state index contributed by atoms with van der Waals surface area (Å²) in [6.45, 7) is 4.62. The normalized spacial score (nSPS) is 16.0. The Morgan fingerprint density at radius 1 is 1.14 bits per heavy atom. The molecule has 0 saturated heterocycles. The van der Waals surface area contributed by atoms with E-state index in [2.05, 4.69) is 15.1 Å². The van der Waals surface area contributed by atoms with Crippen LogP contribution in [0.5, 0.6) is 11.5 Å². The smallest absolute Gasteiger partial charge is 0.283 e. The summed E-state index contributed by atoms with van der Waals surface area (Å²) in [5.74, 6) is 0.273. The number of carbonyl (C=O) groups excluding carboxylic acids is 1. The van der Waals surface area contributed by atoms with Gasteiger partial charge in [-0.1, -0.05) is 35.9 Å². The van der Waals surface area contributed by atoms with E-state index in [1.54, 1.807) is 30.6 Å². The number of thioether (sulfide) groups is 1. The van der Waals surface area contributed by atoms with Crippen LogP contribution >= 0.6 is 23.4 Å². The third-order valence-corrected chi connectivity index (χ3v) is 6.90. The van der Waals surface area contributed by atoms with E-state index in [-0.39, 0.29) is 11.4 Å². The lowest BCUT2D eigenvalue weighted by molar-refractivity contribution is -0.114. The molecule has 0 saturated carbocycles. The van der Waals surface area contributed by atoms with Gasteiger partial charge in [0, 0.05) is 18.0 Å². The maximum atomic E-state index is 12.9. The molecule has 0 radical (unpaired) electrons. The van der Waals surface area contributed by atoms with Crippen LogP contribution in [0.2, 0.25) is 5.02 Å². The molecular formula is C27H22ClN5O3S. The summed E-state index contributed by atoms with van der Waals surface area (Å²) in [6.07, 6.45) is 4.88. The molecule has 8 nitrogen and oxygen atoms in total. The van der Waals surface area contributed by atoms with Crippen LogP contribution in [0.15, 0.2) is 76.6 Å². The van der Waals surface area contributed by atoms with Crippen LogP contribution in [-0.2, 0) is 11.4 Å². The summed E-state index contributed by atoms with van der Waals surface area (Å²) in [7, 11) is 0. The monoisotopic (exact) mass is 531 g/mol. The molecule has 3 aromatic rings. The summed E-state index contributed by atoms with van der Waals surface area (Å²) in [5, 5.41) is 15.8. The van der Waals surface area contributed by atoms with Crippen LogP contribution in [0.25, 0.3) is 6.08 Å². The highest BCUT2D eigenvalue weighted by atomic mass is 35.5. The number of halogens is 1. The lowest BCUT2D eigenvalue weighted by Crippen LogP contribution is -2.35. The van der Waals surface area contributed by atoms with Crippen LogP contribution < -0.4 is 9.47 Å². The van der Waals surface area contributed by atoms with Crippen LogP contribution in [0.3, 0.4) is 0 Å². The minimum absolute atomic E-state index is 0.0690. The second kappa shape index (κ2) is 10.6. The van der Waals surface area contributed by atoms with Crippen molar-refractivity contribution < 1.29 is 14.3 Å². The molecule has 0 fully saturated rings. The van der Waals surface area contributed by atoms with Gasteiger partial charge in [-0.3, -0.25) is 15.2 Å². The number of hydrogen-bond donors (Lipinski definition) is 1. The number of nitrogens with one attached hydrogen (secondary N) is 1. The van der Waals surface area contributed by atoms with E-state index in [0.717, 1.165) is 16.7 Å². The van der Waals surface area contributed by atoms with Crippen molar-refractivity contribution in [3.8, 4) is 11.5 Å². The third-order valence-electron chi connectivity index (χ3n) is 5.66. The van der Waals surface area contributed by atoms with Crippen LogP contribution in [0.1, 0.15) is 29.2 Å². The Balaban J connectivity index is 1.43. The van der Waals surface area contributed by atoms with Crippen molar-refractivity contribution in [2.45, 2.75) is 20.5 Å². The summed E-state index contributed by atoms with van der Waals surface area (Å²) < 4.78 is 11.9. The van der Waals surface area contributed by atoms with Crippen LogP contribution in [0, 0.1) is 12.3 Å². The number of aliphatic imine (C=N–C) groups is 1. The zero-order valence-corrected chi connectivity index (χ0v) is 21.6. The number of amides is 1. The summed E-state index contributed by atoms with van der Waals surface area (Å²) >= 11 is 7.83. The van der Waals surface area contributed by atoms with E-state index >= 15 is 0 Å². The fraction of sp³-hybridized carbons (Fsp3) is 0.148. The van der Waals surface area contributed by atoms with E-state index in [1.807, 2.05) is 50.2 Å². The molecule has 0 spiro atoms. The minimum Gasteiger partial charge on any atom is -0.490 e. The van der Waals surface area contributed by atoms with Crippen molar-refractivity contribution >= 4 is 51.4 Å². The summed E-state index contributed by atoms with van der Waals surface area (Å²) in [4.78, 5) is 21.0. The fourth-order valence-electron chi connectivity index (χ4n) is 3.77. The highest BCUT2D eigenvalue weighted by Crippen LogP contribution is 2.38. The molecule has 1 N–H and O–H groups in total. The molecular weight excluding hydrogens is 510 g/mol. The van der Waals surface area contributed by atoms with Crippen molar-refractivity contribution in [2.24, 2.45) is 10.1 Å². The molecule has 186 valence electrons. The molecule has 1 aromatic heterocycles. The fourth-order valence-corrected chi connectivity index (χ4v) is 4.94. The molecule has 0 aliphatic carbocycles. The standard InChI is InChI=1S/C27H22ClN5O3S/c1-3-35-22-14-17(13-21(28)23(22)36-15-19-7-5-4-6-16(19)2)12-20-24(29)33-27(31-25(20)34)37-26(32-33)18-8-10-30-11-9-18/h4-14,29H,3,15H2,1-2H3/b20-12-,29-24?. The predicted molar refractivity (Wildman–Crippen MR) is 146 cm³/mol. The molecule has 3 heterocycles. The summed E-state index contributed by atoms with van der Waals surface area (Å²) in [6, 6.07) is 15.0. The van der Waals surface area contributed by atoms with Gasteiger partial charge in [-0.15, -0.1) is 0 Å². The Morgan fingerprint density at radius 2 is 1.92 bits per heavy atom. The number of pyridine rings is 1. The number of carbonyl (C=O) groups is 1. The number of fused-ring (bicyclic) bond motifs is 1. The number of nitrogens with zero attached hydrogens (tertiary/aromatic N) is 4. The highest BCUT2D eigenvalue weighted by Gasteiger charge is 2.36. The topological polar surface area (TPSA) is 100 Å². The lowest BCUT2D eigenvalue weighted by Gasteiger charge is -2.20. The predicted octanol–water partition coefficient (Wildman–Crippen LogP) is 5.69. The first kappa shape index (κ1) is 24.7. The zero-order valence-electron chi connectivity index (χ0n) is 20.1. The van der Waals surface area contributed by atoms with E-state index in [4.69, 9.17) is 26.5 Å². The minimum atomic E-state index is -0.524. The van der Waals surface area contributed by atoms with Gasteiger partial charge in [0.15, 0.2) is 17.3 Å². The number of hydrazone groups is 1. The van der Waals surface area contributed by atoms with Crippen molar-refractivity contribution in [3.63, 3.8) is 0 Å². The Bertz CT molecular complexity index is 1490. The SMILES string of the molecule is CCOc1cc(/C=C2/C(=N)N3N=C(c4ccncc4)SC3=NC2=O)cc(Cl)c1OCc1ccccc1C. The number of benzene rings is 2. The molecule has 2 aromatic carbocycles. The number of rotatable bonds is 7. The molecule has 0 unspecified atom stereocenters. The Hall–Kier alpha value is -3.95. The highest BCUT2D eigenvalue weighted by molar-refractivity contribution is 8.27. The molecule has 2 aliphatic heterocycles. The molecule has 5 rings (SSSR count). The zero-order chi connectivity index (χ0) is 25.9. The van der Waals surface area contributed by atoms with Gasteiger partial charge in [-0.2, -0.15) is 15.1 Å². The van der Waals surface area contributed by atoms with Gasteiger partial charge in [0.05, 0.1) is 17.2 Å². The number of amidine groups is 2. The van der Waals surface area contributed by atoms with Crippen molar-refractivity contribution in [3.05, 3.63) is 93.8 Å². The van der Waals surface area contributed by atoms with Crippen molar-refractivity contribution in [1.29, 1.82) is 5.41 Å². The second-order valence-electron chi connectivity index (χ2n) is 8.14. The molecule has 10 heteroatoms. The Morgan fingerprint density at radius 3 is 2.68 bits per heavy atom. The number of aryl methyl sites for hydroxylation is 1. The van der Waals surface area contributed by atoms with Gasteiger partial charge < -0.3 is 9.47 Å². The quantitative estimate of drug-likeness (QED) is 0.393. The maximum absolute atomic E-state index is 12.9. The average Bonchev–Trinajstić information content (AvgIpc) is 3.32. The Kier molecular flexibility index (Phi) is 7.07. The van der Waals surface area contributed by atoms with Gasteiger partial charge in [-0.05, 0) is 72.6 Å². The first-order valence-electron chi connectivity index (χ1n) is 11.5. The maximum Gasteiger partial charge on any atom is 0.283 e. The largest absolute Gasteiger partial charge is 0.490 e. The Labute approximate surface area is 223 Å². The van der Waals surface area contributed by atoms with Crippen LogP contribution in [-0.4, -0.2) is 38.6 Å². The van der Waals surface area contributed by atoms with Gasteiger partial charge >= 0.3 is 0 Å². The van der Waals surface area contributed by atoms with Gasteiger partial charge in [-0.25, -0.2) is 0 Å². The number of ether oxygens (including phenoxy) is 2. The van der Waals surface area contributed by atoms with Crippen molar-refractivity contribution in [2.75, 3.05) is 6.61 Å². The molecule has 2 aliphatic rings. The van der Waals surface area contributed by atoms with Gasteiger partial charge in [0.25, 0.3) is 5.91 Å². The molecule has 0 atom stereocenters. The third kappa shape index (κ3) is 5.14. The molecule has 37 heavy (non-hydrogen) atoms. The van der Waals surface area contributed by atoms with Crippen molar-refractivity contribution in [1.82, 2.24) is 9.99 Å². The summed E-state index contributed by atoms with van der Waals surface area (Å²) in [5.41, 5.74) is 3.65. The second-order valence-corrected chi connectivity index (χ2v) is 9.50. The van der Waals surface area contributed by atoms with E-state index in [9.17, 15) is 4.79 Å². The van der Waals surface area contributed by atoms with Gasteiger partial charge in [0.2, 0.25) is 5.17 Å². The number of hydrogen-bond acceptors (Lipinski definition) is 7. The molecule has 0 bridgehead atoms. The van der Waals surface area contributed by atoms with E-state index in [0.29, 0.717) is 45.5 Å². The van der Waals surface area contributed by atoms with Crippen LogP contribution in [0.4, 0.5) is 0 Å². The number of aromatic nitrogens is 1. The lowest BCUT2D eigenvalue weighted by atomic mass is 10.1. The average molecular weight is 532 g/mol. The first-order valence-corrected chi connectivity index (χ1v) is 12.7. The van der Waals surface area contributed by atoms with Gasteiger partial charge in [0.1, 0.15) is 11.7 Å². The van der Waals surface area contributed by atoms with E-state index < -0.39 is 5.91 Å².